The molecular formula is C22H22ClFN2O3. The van der Waals surface area contributed by atoms with Gasteiger partial charge in [-0.1, -0.05) is 18.5 Å². The summed E-state index contributed by atoms with van der Waals surface area (Å²) in [7, 11) is 1.87. The Kier molecular flexibility index (Phi) is 6.23. The fourth-order valence-corrected chi connectivity index (χ4v) is 3.54. The largest absolute Gasteiger partial charge is 0.423 e. The minimum absolute atomic E-state index is 0.0140. The molecule has 1 N–H and O–H groups in total. The topological polar surface area (TPSA) is 62.6 Å². The first-order chi connectivity index (χ1) is 13.8. The highest BCUT2D eigenvalue weighted by molar-refractivity contribution is 6.33. The maximum absolute atomic E-state index is 13.4. The molecule has 0 aliphatic heterocycles. The van der Waals surface area contributed by atoms with Crippen LogP contribution in [0.3, 0.4) is 0 Å². The van der Waals surface area contributed by atoms with Gasteiger partial charge in [0, 0.05) is 54.5 Å². The monoisotopic (exact) mass is 416 g/mol. The Labute approximate surface area is 173 Å². The fraction of sp³-hybridized carbons (Fsp3) is 0.273. The highest BCUT2D eigenvalue weighted by Gasteiger charge is 2.17. The Morgan fingerprint density at radius 1 is 1.21 bits per heavy atom. The van der Waals surface area contributed by atoms with Gasteiger partial charge in [0.05, 0.1) is 10.9 Å². The van der Waals surface area contributed by atoms with Crippen LogP contribution in [-0.2, 0) is 4.79 Å². The van der Waals surface area contributed by atoms with Crippen LogP contribution in [-0.4, -0.2) is 26.0 Å². The van der Waals surface area contributed by atoms with Gasteiger partial charge in [-0.15, -0.1) is 0 Å². The predicted molar refractivity (Wildman–Crippen MR) is 114 cm³/mol. The van der Waals surface area contributed by atoms with Gasteiger partial charge in [0.2, 0.25) is 5.91 Å². The standard InChI is InChI=1S/C22H22ClFN2O3/c1-4-25-22(28)13(2)12-26(3)15-6-8-17-18(11-21(27)29-20(17)10-15)16-7-5-14(24)9-19(16)23/h5-11,13H,4,12H2,1-3H3,(H,25,28). The zero-order valence-corrected chi connectivity index (χ0v) is 17.2. The van der Waals surface area contributed by atoms with Crippen molar-refractivity contribution in [3.05, 3.63) is 63.7 Å². The number of anilines is 1. The Bertz CT molecular complexity index is 1110. The molecule has 0 spiro atoms. The van der Waals surface area contributed by atoms with Crippen molar-refractivity contribution in [1.29, 1.82) is 0 Å². The summed E-state index contributed by atoms with van der Waals surface area (Å²) in [4.78, 5) is 26.0. The molecule has 3 rings (SSSR count). The lowest BCUT2D eigenvalue weighted by atomic mass is 10.0. The van der Waals surface area contributed by atoms with Gasteiger partial charge >= 0.3 is 5.63 Å². The Balaban J connectivity index is 1.99. The first-order valence-corrected chi connectivity index (χ1v) is 9.70. The third-order valence-corrected chi connectivity index (χ3v) is 5.05. The molecule has 0 saturated carbocycles. The smallest absolute Gasteiger partial charge is 0.336 e. The number of fused-ring (bicyclic) bond motifs is 1. The number of nitrogens with one attached hydrogen (secondary N) is 1. The summed E-state index contributed by atoms with van der Waals surface area (Å²) >= 11 is 6.19. The van der Waals surface area contributed by atoms with E-state index in [9.17, 15) is 14.0 Å². The zero-order valence-electron chi connectivity index (χ0n) is 16.5. The van der Waals surface area contributed by atoms with Gasteiger partial charge in [-0.05, 0) is 37.3 Å². The van der Waals surface area contributed by atoms with E-state index in [1.54, 1.807) is 12.1 Å². The molecule has 0 saturated heterocycles. The molecule has 152 valence electrons. The molecule has 7 heteroatoms. The molecule has 0 aliphatic rings. The van der Waals surface area contributed by atoms with Gasteiger partial charge in [0.1, 0.15) is 11.4 Å². The van der Waals surface area contributed by atoms with Crippen molar-refractivity contribution in [2.24, 2.45) is 5.92 Å². The Hall–Kier alpha value is -2.86. The van der Waals surface area contributed by atoms with E-state index in [0.717, 1.165) is 5.69 Å². The predicted octanol–water partition coefficient (Wildman–Crippen LogP) is 4.46. The van der Waals surface area contributed by atoms with E-state index in [4.69, 9.17) is 16.0 Å². The van der Waals surface area contributed by atoms with Crippen LogP contribution in [0, 0.1) is 11.7 Å². The first kappa shape index (κ1) is 20.9. The second-order valence-corrected chi connectivity index (χ2v) is 7.37. The third-order valence-electron chi connectivity index (χ3n) is 4.74. The van der Waals surface area contributed by atoms with Gasteiger partial charge in [-0.25, -0.2) is 9.18 Å². The summed E-state index contributed by atoms with van der Waals surface area (Å²) in [5.41, 5.74) is 1.80. The molecule has 0 fully saturated rings. The average molecular weight is 417 g/mol. The van der Waals surface area contributed by atoms with E-state index in [1.807, 2.05) is 37.9 Å². The van der Waals surface area contributed by atoms with Crippen LogP contribution in [0.1, 0.15) is 13.8 Å². The highest BCUT2D eigenvalue weighted by atomic mass is 35.5. The molecule has 5 nitrogen and oxygen atoms in total. The quantitative estimate of drug-likeness (QED) is 0.602. The number of rotatable bonds is 6. The SMILES string of the molecule is CCNC(=O)C(C)CN(C)c1ccc2c(-c3ccc(F)cc3Cl)cc(=O)oc2c1. The van der Waals surface area contributed by atoms with Gasteiger partial charge in [0.15, 0.2) is 0 Å². The zero-order chi connectivity index (χ0) is 21.1. The number of hydrogen-bond donors (Lipinski definition) is 1. The van der Waals surface area contributed by atoms with Crippen molar-refractivity contribution in [1.82, 2.24) is 5.32 Å². The third kappa shape index (κ3) is 4.59. The van der Waals surface area contributed by atoms with E-state index in [1.165, 1.54) is 18.2 Å². The molecule has 1 aromatic heterocycles. The maximum atomic E-state index is 13.4. The molecule has 2 aromatic carbocycles. The number of halogens is 2. The number of amides is 1. The normalized spacial score (nSPS) is 12.0. The molecule has 0 bridgehead atoms. The maximum Gasteiger partial charge on any atom is 0.336 e. The minimum Gasteiger partial charge on any atom is -0.423 e. The van der Waals surface area contributed by atoms with Crippen LogP contribution >= 0.6 is 11.6 Å². The van der Waals surface area contributed by atoms with E-state index in [0.29, 0.717) is 35.2 Å². The average Bonchev–Trinajstić information content (AvgIpc) is 2.67. The van der Waals surface area contributed by atoms with Crippen LogP contribution < -0.4 is 15.8 Å². The number of benzene rings is 2. The lowest BCUT2D eigenvalue weighted by Crippen LogP contribution is -2.36. The van der Waals surface area contributed by atoms with E-state index < -0.39 is 11.4 Å². The van der Waals surface area contributed by atoms with Crippen molar-refractivity contribution < 1.29 is 13.6 Å². The van der Waals surface area contributed by atoms with Crippen LogP contribution in [0.25, 0.3) is 22.1 Å². The van der Waals surface area contributed by atoms with Gasteiger partial charge < -0.3 is 14.6 Å². The fourth-order valence-electron chi connectivity index (χ4n) is 3.27. The van der Waals surface area contributed by atoms with Crippen LogP contribution in [0.4, 0.5) is 10.1 Å². The second kappa shape index (κ2) is 8.66. The Morgan fingerprint density at radius 2 is 1.97 bits per heavy atom. The molecule has 3 aromatic rings. The molecule has 1 amide bonds. The van der Waals surface area contributed by atoms with Crippen molar-refractivity contribution in [2.75, 3.05) is 25.0 Å². The summed E-state index contributed by atoms with van der Waals surface area (Å²) in [6, 6.07) is 10.9. The van der Waals surface area contributed by atoms with E-state index >= 15 is 0 Å². The van der Waals surface area contributed by atoms with Crippen LogP contribution in [0.5, 0.6) is 0 Å². The number of hydrogen-bond acceptors (Lipinski definition) is 4. The summed E-state index contributed by atoms with van der Waals surface area (Å²) in [5, 5.41) is 3.71. The number of nitrogens with zero attached hydrogens (tertiary/aromatic N) is 1. The number of carbonyl (C=O) groups is 1. The number of carbonyl (C=O) groups excluding carboxylic acids is 1. The molecule has 0 aliphatic carbocycles. The summed E-state index contributed by atoms with van der Waals surface area (Å²) in [5.74, 6) is -0.664. The molecule has 29 heavy (non-hydrogen) atoms. The first-order valence-electron chi connectivity index (χ1n) is 9.32. The highest BCUT2D eigenvalue weighted by Crippen LogP contribution is 2.34. The van der Waals surface area contributed by atoms with Crippen LogP contribution in [0.15, 0.2) is 51.7 Å². The molecule has 1 heterocycles. The van der Waals surface area contributed by atoms with Crippen molar-refractivity contribution >= 4 is 34.2 Å². The molecule has 1 unspecified atom stereocenters. The van der Waals surface area contributed by atoms with Gasteiger partial charge in [-0.2, -0.15) is 0 Å². The van der Waals surface area contributed by atoms with Gasteiger partial charge in [-0.3, -0.25) is 4.79 Å². The van der Waals surface area contributed by atoms with Gasteiger partial charge in [0.25, 0.3) is 0 Å². The summed E-state index contributed by atoms with van der Waals surface area (Å²) < 4.78 is 18.8. The van der Waals surface area contributed by atoms with Crippen molar-refractivity contribution in [3.63, 3.8) is 0 Å². The van der Waals surface area contributed by atoms with Crippen molar-refractivity contribution in [2.45, 2.75) is 13.8 Å². The lowest BCUT2D eigenvalue weighted by Gasteiger charge is -2.23. The minimum atomic E-state index is -0.525. The van der Waals surface area contributed by atoms with Crippen molar-refractivity contribution in [3.8, 4) is 11.1 Å². The Morgan fingerprint density at radius 3 is 2.66 bits per heavy atom. The molecule has 0 radical (unpaired) electrons. The molecule has 1 atom stereocenters. The van der Waals surface area contributed by atoms with E-state index in [-0.39, 0.29) is 16.8 Å². The summed E-state index contributed by atoms with van der Waals surface area (Å²) in [6.07, 6.45) is 0. The van der Waals surface area contributed by atoms with E-state index in [2.05, 4.69) is 5.32 Å². The van der Waals surface area contributed by atoms with Crippen LogP contribution in [0.2, 0.25) is 5.02 Å². The molecular weight excluding hydrogens is 395 g/mol. The second-order valence-electron chi connectivity index (χ2n) is 6.96. The lowest BCUT2D eigenvalue weighted by molar-refractivity contribution is -0.124. The summed E-state index contributed by atoms with van der Waals surface area (Å²) in [6.45, 7) is 4.83.